The number of hydrogen-bond donors (Lipinski definition) is 5. The summed E-state index contributed by atoms with van der Waals surface area (Å²) in [7, 11) is 1.27. The zero-order valence-corrected chi connectivity index (χ0v) is 30.3. The standard InChI is InChI=1S/C40H54NO11/c1-4-24-25(19-32(44)45)27(35(46)49-3)20-38(14-7-8-15-38)34(24)51-37-39(48)16-13-28-26-18-29(22(2)23-10-5-6-11-23)41-33(26)30(12-9-17-42)52-40(28,36(39)47)31(21-43)50-37/h4,18,20,22-25,31,34,36-37,42-43,47-48H,1,5-17,19,21H2,2-3H3,(H,44,45)/q-1/t22-,24-,25+,31-,34+,36-,37+,39-,40-/m1/s1. The number of aliphatic carboxylic acids is 1. The number of carboxylic acids is 1. The van der Waals surface area contributed by atoms with Crippen molar-refractivity contribution in [3.8, 4) is 0 Å². The number of nitrogens with zero attached hydrogens (tertiary/aromatic N) is 1. The Morgan fingerprint density at radius 3 is 2.52 bits per heavy atom. The lowest BCUT2D eigenvalue weighted by atomic mass is 9.62. The number of carboxylic acid groups (broad SMARTS) is 1. The van der Waals surface area contributed by atoms with Crippen LogP contribution in [0.25, 0.3) is 11.3 Å². The molecule has 12 nitrogen and oxygen atoms in total. The molecule has 7 rings (SSSR count). The van der Waals surface area contributed by atoms with Gasteiger partial charge in [-0.15, -0.1) is 6.58 Å². The van der Waals surface area contributed by atoms with Crippen LogP contribution >= 0.6 is 0 Å². The predicted octanol–water partition coefficient (Wildman–Crippen LogP) is 2.29. The van der Waals surface area contributed by atoms with Crippen LogP contribution < -0.4 is 15.6 Å². The van der Waals surface area contributed by atoms with Crippen LogP contribution in [0.15, 0.2) is 30.4 Å². The summed E-state index contributed by atoms with van der Waals surface area (Å²) in [5, 5.41) is 57.3. The van der Waals surface area contributed by atoms with Gasteiger partial charge in [0.25, 0.3) is 0 Å². The highest BCUT2D eigenvalue weighted by Gasteiger charge is 2.70. The number of hydrogen-bond acceptors (Lipinski definition) is 10. The van der Waals surface area contributed by atoms with E-state index >= 15 is 0 Å². The number of ether oxygens (including phenoxy) is 4. The smallest absolute Gasteiger partial charge is 0.333 e. The molecular weight excluding hydrogens is 670 g/mol. The molecule has 5 N–H and O–H groups in total. The molecule has 286 valence electrons. The summed E-state index contributed by atoms with van der Waals surface area (Å²) in [5.41, 5.74) is -2.43. The van der Waals surface area contributed by atoms with Crippen LogP contribution in [0.4, 0.5) is 0 Å². The van der Waals surface area contributed by atoms with Crippen molar-refractivity contribution in [1.29, 1.82) is 0 Å². The maximum atomic E-state index is 13.1. The van der Waals surface area contributed by atoms with Crippen LogP contribution in [-0.4, -0.2) is 93.6 Å². The second-order valence-corrected chi connectivity index (χ2v) is 16.0. The molecular formula is C40H54NO11-. The zero-order valence-electron chi connectivity index (χ0n) is 30.3. The average molecular weight is 725 g/mol. The molecule has 0 aromatic carbocycles. The molecule has 1 saturated heterocycles. The first-order chi connectivity index (χ1) is 25.0. The molecule has 12 heteroatoms. The molecule has 2 bridgehead atoms. The van der Waals surface area contributed by atoms with Gasteiger partial charge in [-0.1, -0.05) is 56.2 Å². The van der Waals surface area contributed by atoms with Crippen molar-refractivity contribution >= 4 is 23.3 Å². The number of aliphatic hydroxyl groups excluding tert-OH is 3. The fraction of sp³-hybridized carbons (Fsp3) is 0.700. The lowest BCUT2D eigenvalue weighted by Gasteiger charge is -2.61. The third-order valence-corrected chi connectivity index (χ3v) is 13.4. The molecule has 1 aromatic heterocycles. The molecule has 1 aromatic rings. The summed E-state index contributed by atoms with van der Waals surface area (Å²) < 4.78 is 25.3. The van der Waals surface area contributed by atoms with Crippen molar-refractivity contribution in [2.75, 3.05) is 20.3 Å². The van der Waals surface area contributed by atoms with Crippen molar-refractivity contribution in [2.24, 2.45) is 23.2 Å². The van der Waals surface area contributed by atoms with E-state index in [0.29, 0.717) is 54.7 Å². The van der Waals surface area contributed by atoms with Crippen LogP contribution in [0.5, 0.6) is 0 Å². The maximum absolute atomic E-state index is 13.1. The van der Waals surface area contributed by atoms with E-state index < -0.39 is 71.6 Å². The second-order valence-electron chi connectivity index (χ2n) is 16.0. The van der Waals surface area contributed by atoms with Crippen LogP contribution in [0.1, 0.15) is 102 Å². The van der Waals surface area contributed by atoms with E-state index in [9.17, 15) is 35.1 Å². The molecule has 4 aliphatic carbocycles. The van der Waals surface area contributed by atoms with Crippen LogP contribution in [-0.2, 0) is 28.5 Å². The first-order valence-electron chi connectivity index (χ1n) is 19.2. The Labute approximate surface area is 304 Å². The number of aliphatic hydroxyl groups is 4. The Kier molecular flexibility index (Phi) is 10.3. The molecule has 2 spiro atoms. The molecule has 0 radical (unpaired) electrons. The van der Waals surface area contributed by atoms with E-state index in [1.807, 2.05) is 6.08 Å². The molecule has 0 amide bonds. The zero-order chi connectivity index (χ0) is 37.0. The lowest BCUT2D eigenvalue weighted by Crippen LogP contribution is -2.78. The average Bonchev–Trinajstić information content (AvgIpc) is 3.93. The first kappa shape index (κ1) is 37.3. The van der Waals surface area contributed by atoms with Gasteiger partial charge in [-0.2, -0.15) is 5.69 Å². The summed E-state index contributed by atoms with van der Waals surface area (Å²) >= 11 is 0. The van der Waals surface area contributed by atoms with E-state index in [-0.39, 0.29) is 30.9 Å². The monoisotopic (exact) mass is 724 g/mol. The molecule has 3 saturated carbocycles. The number of methoxy groups -OCH3 is 1. The van der Waals surface area contributed by atoms with Gasteiger partial charge < -0.3 is 49.5 Å². The third-order valence-electron chi connectivity index (χ3n) is 13.4. The molecule has 6 aliphatic rings. The highest BCUT2D eigenvalue weighted by atomic mass is 16.7. The van der Waals surface area contributed by atoms with E-state index in [2.05, 4.69) is 19.6 Å². The highest BCUT2D eigenvalue weighted by molar-refractivity contribution is 5.90. The van der Waals surface area contributed by atoms with Crippen LogP contribution in [0, 0.1) is 23.2 Å². The Bertz CT molecular complexity index is 1700. The summed E-state index contributed by atoms with van der Waals surface area (Å²) in [6, 6.07) is 2.08. The topological polar surface area (TPSA) is 186 Å². The fourth-order valence-electron chi connectivity index (χ4n) is 10.7. The van der Waals surface area contributed by atoms with Gasteiger partial charge in [-0.3, -0.25) is 4.79 Å². The minimum absolute atomic E-state index is 0.0574. The molecule has 3 heterocycles. The third kappa shape index (κ3) is 5.80. The molecule has 52 heavy (non-hydrogen) atoms. The van der Waals surface area contributed by atoms with E-state index in [1.165, 1.54) is 20.0 Å². The van der Waals surface area contributed by atoms with E-state index in [0.717, 1.165) is 36.6 Å². The van der Waals surface area contributed by atoms with Crippen molar-refractivity contribution in [3.05, 3.63) is 46.6 Å². The van der Waals surface area contributed by atoms with Gasteiger partial charge in [-0.25, -0.2) is 4.79 Å². The minimum Gasteiger partial charge on any atom is -0.658 e. The Balaban J connectivity index is 1.30. The second kappa shape index (κ2) is 14.3. The summed E-state index contributed by atoms with van der Waals surface area (Å²) in [4.78, 5) is 30.3. The van der Waals surface area contributed by atoms with Crippen molar-refractivity contribution in [3.63, 3.8) is 0 Å². The van der Waals surface area contributed by atoms with Crippen LogP contribution in [0.2, 0.25) is 0 Å². The van der Waals surface area contributed by atoms with Crippen molar-refractivity contribution < 1.29 is 54.1 Å². The number of carbonyl (C=O) groups excluding carboxylic acids is 1. The first-order valence-corrected chi connectivity index (χ1v) is 19.2. The number of fused-ring (bicyclic) bond motifs is 2. The Morgan fingerprint density at radius 2 is 1.88 bits per heavy atom. The number of carbonyl (C=O) groups is 2. The normalized spacial score (nSPS) is 35.8. The van der Waals surface area contributed by atoms with E-state index in [1.54, 1.807) is 6.08 Å². The highest BCUT2D eigenvalue weighted by Crippen LogP contribution is 2.57. The lowest BCUT2D eigenvalue weighted by molar-refractivity contribution is -0.378. The molecule has 4 fully saturated rings. The quantitative estimate of drug-likeness (QED) is 0.157. The summed E-state index contributed by atoms with van der Waals surface area (Å²) in [6.07, 6.45) is 6.86. The van der Waals surface area contributed by atoms with Gasteiger partial charge in [-0.05, 0) is 67.6 Å². The van der Waals surface area contributed by atoms with Crippen LogP contribution in [0.3, 0.4) is 0 Å². The van der Waals surface area contributed by atoms with Gasteiger partial charge in [0.2, 0.25) is 0 Å². The van der Waals surface area contributed by atoms with Gasteiger partial charge in [0.05, 0.1) is 32.0 Å². The largest absolute Gasteiger partial charge is 0.658 e. The maximum Gasteiger partial charge on any atom is 0.333 e. The molecule has 0 unspecified atom stereocenters. The summed E-state index contributed by atoms with van der Waals surface area (Å²) in [5.74, 6) is -1.97. The molecule has 9 atom stereocenters. The number of rotatable bonds is 12. The fourth-order valence-corrected chi connectivity index (χ4v) is 10.7. The van der Waals surface area contributed by atoms with Gasteiger partial charge in [0.15, 0.2) is 11.9 Å². The summed E-state index contributed by atoms with van der Waals surface area (Å²) in [6.45, 7) is 5.60. The van der Waals surface area contributed by atoms with E-state index in [4.69, 9.17) is 23.9 Å². The molecule has 2 aliphatic heterocycles. The van der Waals surface area contributed by atoms with Crippen molar-refractivity contribution in [1.82, 2.24) is 4.98 Å². The number of esters is 1. The SMILES string of the molecule is C=C[C@@H]1[C@H](CC(=O)O)C(C(=O)OC)=CC2(CCCC2)[C@H]1O[C@@H]1O[C@H](CO)[C@]23OC(CCCO)=c4[n-]c([C@H](C)C5CCCC5)cc4=C2CC[C@@]1(O)[C@H]3O. The predicted molar refractivity (Wildman–Crippen MR) is 188 cm³/mol. The van der Waals surface area contributed by atoms with Gasteiger partial charge in [0.1, 0.15) is 17.8 Å². The Morgan fingerprint density at radius 1 is 1.15 bits per heavy atom. The van der Waals surface area contributed by atoms with Gasteiger partial charge in [0, 0.05) is 35.9 Å². The van der Waals surface area contributed by atoms with Crippen molar-refractivity contribution in [2.45, 2.75) is 132 Å². The number of aromatic nitrogens is 1. The Hall–Kier alpha value is -3.00. The van der Waals surface area contributed by atoms with Gasteiger partial charge >= 0.3 is 11.9 Å². The minimum atomic E-state index is -1.99.